The Balaban J connectivity index is 1.75. The number of nitrogens with one attached hydrogen (secondary N) is 1. The van der Waals surface area contributed by atoms with Crippen LogP contribution in [0.3, 0.4) is 0 Å². The number of nitrogens with zero attached hydrogens (tertiary/aromatic N) is 2. The molecule has 3 aromatic rings. The monoisotopic (exact) mass is 409 g/mol. The molecule has 0 saturated carbocycles. The lowest BCUT2D eigenvalue weighted by Gasteiger charge is -2.09. The van der Waals surface area contributed by atoms with Gasteiger partial charge in [0.1, 0.15) is 18.2 Å². The van der Waals surface area contributed by atoms with Crippen molar-refractivity contribution in [2.24, 2.45) is 0 Å². The summed E-state index contributed by atoms with van der Waals surface area (Å²) in [7, 11) is 0. The van der Waals surface area contributed by atoms with Crippen LogP contribution in [0, 0.1) is 11.6 Å². The minimum atomic E-state index is -4.48. The van der Waals surface area contributed by atoms with Gasteiger partial charge in [0.05, 0.1) is 23.3 Å². The van der Waals surface area contributed by atoms with Crippen molar-refractivity contribution in [3.8, 4) is 11.3 Å². The molecule has 0 bridgehead atoms. The summed E-state index contributed by atoms with van der Waals surface area (Å²) >= 11 is 0. The van der Waals surface area contributed by atoms with Crippen molar-refractivity contribution >= 4 is 11.6 Å². The second-order valence-corrected chi connectivity index (χ2v) is 5.99. The lowest BCUT2D eigenvalue weighted by atomic mass is 10.1. The van der Waals surface area contributed by atoms with Gasteiger partial charge >= 0.3 is 6.18 Å². The summed E-state index contributed by atoms with van der Waals surface area (Å²) < 4.78 is 65.5. The van der Waals surface area contributed by atoms with E-state index in [1.807, 2.05) is 0 Å². The lowest BCUT2D eigenvalue weighted by Crippen LogP contribution is -2.27. The molecule has 2 aromatic carbocycles. The molecule has 0 atom stereocenters. The largest absolute Gasteiger partial charge is 0.416 e. The second kappa shape index (κ2) is 7.82. The highest BCUT2D eigenvalue weighted by atomic mass is 19.4. The Morgan fingerprint density at radius 1 is 1.03 bits per heavy atom. The van der Waals surface area contributed by atoms with Crippen LogP contribution in [0.2, 0.25) is 0 Å². The Labute approximate surface area is 160 Å². The van der Waals surface area contributed by atoms with Crippen LogP contribution in [0.1, 0.15) is 5.56 Å². The average Bonchev–Trinajstić information content (AvgIpc) is 2.66. The summed E-state index contributed by atoms with van der Waals surface area (Å²) in [5, 5.41) is 2.15. The highest BCUT2D eigenvalue weighted by Crippen LogP contribution is 2.30. The van der Waals surface area contributed by atoms with E-state index in [1.54, 1.807) is 0 Å². The van der Waals surface area contributed by atoms with E-state index in [1.165, 1.54) is 12.1 Å². The molecule has 29 heavy (non-hydrogen) atoms. The number of amides is 1. The number of halogens is 5. The summed E-state index contributed by atoms with van der Waals surface area (Å²) in [6.45, 7) is -0.519. The van der Waals surface area contributed by atoms with Crippen molar-refractivity contribution in [1.82, 2.24) is 9.55 Å². The Morgan fingerprint density at radius 3 is 2.34 bits per heavy atom. The van der Waals surface area contributed by atoms with Crippen LogP contribution in [-0.4, -0.2) is 15.5 Å². The molecule has 1 amide bonds. The van der Waals surface area contributed by atoms with Crippen molar-refractivity contribution in [2.75, 3.05) is 5.32 Å². The fourth-order valence-electron chi connectivity index (χ4n) is 2.47. The van der Waals surface area contributed by atoms with Gasteiger partial charge in [0, 0.05) is 17.7 Å². The molecule has 0 fully saturated rings. The summed E-state index contributed by atoms with van der Waals surface area (Å²) in [5.41, 5.74) is -1.46. The topological polar surface area (TPSA) is 64.0 Å². The van der Waals surface area contributed by atoms with E-state index in [9.17, 15) is 31.5 Å². The first-order valence-electron chi connectivity index (χ1n) is 8.12. The van der Waals surface area contributed by atoms with Crippen LogP contribution in [0.4, 0.5) is 27.6 Å². The quantitative estimate of drug-likeness (QED) is 0.666. The fraction of sp³-hybridized carbons (Fsp3) is 0.105. The molecule has 0 unspecified atom stereocenters. The molecular weight excluding hydrogens is 397 g/mol. The van der Waals surface area contributed by atoms with Gasteiger partial charge in [0.15, 0.2) is 0 Å². The maximum Gasteiger partial charge on any atom is 0.416 e. The van der Waals surface area contributed by atoms with Crippen LogP contribution >= 0.6 is 0 Å². The number of carbonyl (C=O) groups is 1. The molecule has 0 aliphatic carbocycles. The molecule has 0 aliphatic heterocycles. The van der Waals surface area contributed by atoms with E-state index in [4.69, 9.17) is 0 Å². The van der Waals surface area contributed by atoms with E-state index in [2.05, 4.69) is 10.3 Å². The Morgan fingerprint density at radius 2 is 1.72 bits per heavy atom. The molecule has 0 spiro atoms. The fourth-order valence-corrected chi connectivity index (χ4v) is 2.47. The smallest absolute Gasteiger partial charge is 0.322 e. The van der Waals surface area contributed by atoms with E-state index in [0.717, 1.165) is 47.3 Å². The number of aromatic nitrogens is 2. The zero-order valence-electron chi connectivity index (χ0n) is 14.5. The van der Waals surface area contributed by atoms with E-state index < -0.39 is 41.4 Å². The van der Waals surface area contributed by atoms with Crippen molar-refractivity contribution in [1.29, 1.82) is 0 Å². The number of carbonyl (C=O) groups excluding carboxylic acids is 1. The van der Waals surface area contributed by atoms with E-state index >= 15 is 0 Å². The minimum absolute atomic E-state index is 0.122. The van der Waals surface area contributed by atoms with Crippen LogP contribution in [-0.2, 0) is 17.5 Å². The van der Waals surface area contributed by atoms with Crippen molar-refractivity contribution in [2.45, 2.75) is 12.7 Å². The summed E-state index contributed by atoms with van der Waals surface area (Å²) in [6.07, 6.45) is -3.44. The first-order chi connectivity index (χ1) is 13.6. The molecule has 1 N–H and O–H groups in total. The molecule has 10 heteroatoms. The average molecular weight is 409 g/mol. The number of hydrogen-bond donors (Lipinski definition) is 1. The molecule has 150 valence electrons. The van der Waals surface area contributed by atoms with Gasteiger partial charge in [-0.3, -0.25) is 14.2 Å². The Hall–Kier alpha value is -3.56. The first-order valence-corrected chi connectivity index (χ1v) is 8.12. The SMILES string of the molecule is O=C(Cn1cnc(-c2ccc(C(F)(F)F)cc2)cc1=O)Nc1cc(F)ccc1F. The summed E-state index contributed by atoms with van der Waals surface area (Å²) in [5.74, 6) is -2.38. The van der Waals surface area contributed by atoms with Gasteiger partial charge in [-0.15, -0.1) is 0 Å². The third-order valence-corrected chi connectivity index (χ3v) is 3.90. The third-order valence-electron chi connectivity index (χ3n) is 3.90. The standard InChI is InChI=1S/C19H12F5N3O2/c20-13-5-6-14(21)16(7-13)26-17(28)9-27-10-25-15(8-18(27)29)11-1-3-12(4-2-11)19(22,23)24/h1-8,10H,9H2,(H,26,28). The van der Waals surface area contributed by atoms with Gasteiger partial charge in [0.25, 0.3) is 5.56 Å². The van der Waals surface area contributed by atoms with Crippen molar-refractivity contribution in [3.63, 3.8) is 0 Å². The third kappa shape index (κ3) is 4.84. The molecule has 0 saturated heterocycles. The maximum atomic E-state index is 13.6. The lowest BCUT2D eigenvalue weighted by molar-refractivity contribution is -0.137. The van der Waals surface area contributed by atoms with Crippen LogP contribution < -0.4 is 10.9 Å². The van der Waals surface area contributed by atoms with Gasteiger partial charge in [-0.05, 0) is 24.3 Å². The van der Waals surface area contributed by atoms with E-state index in [-0.39, 0.29) is 16.9 Å². The minimum Gasteiger partial charge on any atom is -0.322 e. The van der Waals surface area contributed by atoms with Crippen LogP contribution in [0.15, 0.2) is 59.7 Å². The van der Waals surface area contributed by atoms with Gasteiger partial charge < -0.3 is 5.32 Å². The number of hydrogen-bond acceptors (Lipinski definition) is 3. The zero-order chi connectivity index (χ0) is 21.2. The Kier molecular flexibility index (Phi) is 5.44. The first kappa shape index (κ1) is 20.2. The number of benzene rings is 2. The Bertz CT molecular complexity index is 1110. The van der Waals surface area contributed by atoms with Crippen molar-refractivity contribution < 1.29 is 26.7 Å². The second-order valence-electron chi connectivity index (χ2n) is 5.99. The maximum absolute atomic E-state index is 13.6. The molecule has 0 aliphatic rings. The predicted molar refractivity (Wildman–Crippen MR) is 93.9 cm³/mol. The van der Waals surface area contributed by atoms with Gasteiger partial charge in [0.2, 0.25) is 5.91 Å². The highest BCUT2D eigenvalue weighted by molar-refractivity contribution is 5.90. The summed E-state index contributed by atoms with van der Waals surface area (Å²) in [4.78, 5) is 28.1. The molecule has 3 rings (SSSR count). The molecule has 1 heterocycles. The van der Waals surface area contributed by atoms with Crippen molar-refractivity contribution in [3.05, 3.63) is 82.4 Å². The summed E-state index contributed by atoms with van der Waals surface area (Å²) in [6, 6.07) is 7.66. The highest BCUT2D eigenvalue weighted by Gasteiger charge is 2.30. The van der Waals surface area contributed by atoms with Crippen LogP contribution in [0.5, 0.6) is 0 Å². The zero-order valence-corrected chi connectivity index (χ0v) is 14.5. The van der Waals surface area contributed by atoms with Gasteiger partial charge in [-0.2, -0.15) is 13.2 Å². The number of anilines is 1. The molecule has 5 nitrogen and oxygen atoms in total. The molecule has 1 aromatic heterocycles. The molecule has 0 radical (unpaired) electrons. The number of rotatable bonds is 4. The molecular formula is C19H12F5N3O2. The predicted octanol–water partition coefficient (Wildman–Crippen LogP) is 3.85. The van der Waals surface area contributed by atoms with Gasteiger partial charge in [-0.25, -0.2) is 13.8 Å². The number of alkyl halides is 3. The normalized spacial score (nSPS) is 11.3. The van der Waals surface area contributed by atoms with E-state index in [0.29, 0.717) is 0 Å². The van der Waals surface area contributed by atoms with Gasteiger partial charge in [-0.1, -0.05) is 12.1 Å². The van der Waals surface area contributed by atoms with Crippen LogP contribution in [0.25, 0.3) is 11.3 Å².